The Morgan fingerprint density at radius 2 is 2.26 bits per heavy atom. The van der Waals surface area contributed by atoms with Crippen LogP contribution in [0.4, 0.5) is 5.69 Å². The molecular formula is C15H23ClN2O. The van der Waals surface area contributed by atoms with Crippen molar-refractivity contribution in [2.45, 2.75) is 46.3 Å². The zero-order valence-electron chi connectivity index (χ0n) is 12.1. The number of aromatic nitrogens is 1. The molecule has 106 valence electrons. The molecule has 0 bridgehead atoms. The smallest absolute Gasteiger partial charge is 0.0718 e. The van der Waals surface area contributed by atoms with Gasteiger partial charge >= 0.3 is 0 Å². The fraction of sp³-hybridized carbons (Fsp3) is 0.667. The quantitative estimate of drug-likeness (QED) is 0.887. The third-order valence-electron chi connectivity index (χ3n) is 3.91. The molecule has 19 heavy (non-hydrogen) atoms. The van der Waals surface area contributed by atoms with Gasteiger partial charge in [-0.05, 0) is 18.4 Å². The molecule has 1 aliphatic rings. The maximum absolute atomic E-state index is 6.15. The summed E-state index contributed by atoms with van der Waals surface area (Å²) in [5.41, 5.74) is 1.03. The Kier molecular flexibility index (Phi) is 4.36. The van der Waals surface area contributed by atoms with Crippen molar-refractivity contribution < 1.29 is 4.74 Å². The fourth-order valence-corrected chi connectivity index (χ4v) is 2.55. The Morgan fingerprint density at radius 3 is 2.84 bits per heavy atom. The van der Waals surface area contributed by atoms with Crippen LogP contribution in [0.25, 0.3) is 0 Å². The first-order valence-electron chi connectivity index (χ1n) is 6.89. The van der Waals surface area contributed by atoms with Crippen molar-refractivity contribution in [1.29, 1.82) is 0 Å². The lowest BCUT2D eigenvalue weighted by molar-refractivity contribution is -0.108. The number of hydrogen-bond donors (Lipinski definition) is 1. The van der Waals surface area contributed by atoms with Gasteiger partial charge in [0, 0.05) is 24.3 Å². The minimum atomic E-state index is 0.119. The van der Waals surface area contributed by atoms with Gasteiger partial charge in [-0.3, -0.25) is 4.98 Å². The fourth-order valence-electron chi connectivity index (χ4n) is 2.39. The van der Waals surface area contributed by atoms with Crippen LogP contribution in [0.3, 0.4) is 0 Å². The van der Waals surface area contributed by atoms with Gasteiger partial charge in [0.2, 0.25) is 0 Å². The van der Waals surface area contributed by atoms with Crippen molar-refractivity contribution in [3.63, 3.8) is 0 Å². The Morgan fingerprint density at radius 1 is 1.53 bits per heavy atom. The predicted molar refractivity (Wildman–Crippen MR) is 79.6 cm³/mol. The summed E-state index contributed by atoms with van der Waals surface area (Å²) in [5, 5.41) is 4.20. The van der Waals surface area contributed by atoms with Gasteiger partial charge in [0.05, 0.1) is 23.0 Å². The molecule has 2 unspecified atom stereocenters. The number of nitrogens with zero attached hydrogens (tertiary/aromatic N) is 1. The van der Waals surface area contributed by atoms with Gasteiger partial charge in [-0.1, -0.05) is 39.3 Å². The maximum atomic E-state index is 6.15. The van der Waals surface area contributed by atoms with Crippen LogP contribution in [0.5, 0.6) is 0 Å². The normalized spacial score (nSPS) is 25.2. The van der Waals surface area contributed by atoms with E-state index < -0.39 is 0 Å². The molecule has 0 amide bonds. The van der Waals surface area contributed by atoms with Crippen molar-refractivity contribution in [3.8, 4) is 0 Å². The van der Waals surface area contributed by atoms with Crippen LogP contribution in [0.15, 0.2) is 18.5 Å². The summed E-state index contributed by atoms with van der Waals surface area (Å²) >= 11 is 6.15. The van der Waals surface area contributed by atoms with Crippen LogP contribution in [0.1, 0.15) is 34.1 Å². The molecule has 1 N–H and O–H groups in total. The lowest BCUT2D eigenvalue weighted by Crippen LogP contribution is -2.58. The number of ether oxygens (including phenoxy) is 1. The van der Waals surface area contributed by atoms with Crippen LogP contribution in [0.2, 0.25) is 5.02 Å². The molecule has 1 aromatic heterocycles. The summed E-state index contributed by atoms with van der Waals surface area (Å²) < 4.78 is 5.96. The molecule has 0 spiro atoms. The van der Waals surface area contributed by atoms with Gasteiger partial charge in [0.1, 0.15) is 0 Å². The SMILES string of the molecule is CC(C)COC1CC(Nc2cnccc2Cl)C1(C)C. The molecule has 1 saturated carbocycles. The summed E-state index contributed by atoms with van der Waals surface area (Å²) in [6, 6.07) is 2.19. The van der Waals surface area contributed by atoms with E-state index in [0.717, 1.165) is 23.7 Å². The topological polar surface area (TPSA) is 34.1 Å². The van der Waals surface area contributed by atoms with E-state index in [-0.39, 0.29) is 5.41 Å². The van der Waals surface area contributed by atoms with Crippen molar-refractivity contribution in [3.05, 3.63) is 23.5 Å². The van der Waals surface area contributed by atoms with Crippen molar-refractivity contribution in [2.75, 3.05) is 11.9 Å². The molecule has 2 rings (SSSR count). The number of pyridine rings is 1. The molecule has 1 aromatic rings. The van der Waals surface area contributed by atoms with Crippen LogP contribution >= 0.6 is 11.6 Å². The highest BCUT2D eigenvalue weighted by molar-refractivity contribution is 6.33. The molecule has 1 fully saturated rings. The molecule has 0 radical (unpaired) electrons. The lowest BCUT2D eigenvalue weighted by atomic mass is 9.64. The number of nitrogens with one attached hydrogen (secondary N) is 1. The summed E-state index contributed by atoms with van der Waals surface area (Å²) in [7, 11) is 0. The second-order valence-electron chi connectivity index (χ2n) is 6.33. The summed E-state index contributed by atoms with van der Waals surface area (Å²) in [5.74, 6) is 0.579. The van der Waals surface area contributed by atoms with Crippen LogP contribution < -0.4 is 5.32 Å². The second kappa shape index (κ2) is 5.68. The minimum Gasteiger partial charge on any atom is -0.379 e. The molecular weight excluding hydrogens is 260 g/mol. The first-order valence-corrected chi connectivity index (χ1v) is 7.26. The lowest BCUT2D eigenvalue weighted by Gasteiger charge is -2.52. The average molecular weight is 283 g/mol. The molecule has 0 saturated heterocycles. The zero-order valence-corrected chi connectivity index (χ0v) is 12.9. The van der Waals surface area contributed by atoms with E-state index >= 15 is 0 Å². The second-order valence-corrected chi connectivity index (χ2v) is 6.73. The van der Waals surface area contributed by atoms with Crippen LogP contribution in [-0.4, -0.2) is 23.7 Å². The van der Waals surface area contributed by atoms with E-state index in [0.29, 0.717) is 18.1 Å². The van der Waals surface area contributed by atoms with E-state index in [4.69, 9.17) is 16.3 Å². The predicted octanol–water partition coefficient (Wildman–Crippen LogP) is 3.99. The largest absolute Gasteiger partial charge is 0.379 e. The Hall–Kier alpha value is -0.800. The van der Waals surface area contributed by atoms with E-state index in [1.165, 1.54) is 0 Å². The molecule has 0 aliphatic heterocycles. The first-order chi connectivity index (χ1) is 8.91. The highest BCUT2D eigenvalue weighted by Gasteiger charge is 2.49. The monoisotopic (exact) mass is 282 g/mol. The third kappa shape index (κ3) is 3.21. The highest BCUT2D eigenvalue weighted by atomic mass is 35.5. The number of halogens is 1. The van der Waals surface area contributed by atoms with E-state index in [1.807, 2.05) is 6.07 Å². The molecule has 2 atom stereocenters. The van der Waals surface area contributed by atoms with Crippen LogP contribution in [-0.2, 0) is 4.74 Å². The van der Waals surface area contributed by atoms with Gasteiger partial charge in [-0.25, -0.2) is 0 Å². The third-order valence-corrected chi connectivity index (χ3v) is 4.24. The highest BCUT2D eigenvalue weighted by Crippen LogP contribution is 2.45. The Labute approximate surface area is 120 Å². The Bertz CT molecular complexity index is 434. The molecule has 1 heterocycles. The summed E-state index contributed by atoms with van der Waals surface area (Å²) in [6.07, 6.45) is 4.82. The standard InChI is InChI=1S/C15H23ClN2O/c1-10(2)9-19-14-7-13(15(14,3)4)18-12-8-17-6-5-11(12)16/h5-6,8,10,13-14,18H,7,9H2,1-4H3. The van der Waals surface area contributed by atoms with Crippen molar-refractivity contribution in [1.82, 2.24) is 4.98 Å². The van der Waals surface area contributed by atoms with Crippen molar-refractivity contribution in [2.24, 2.45) is 11.3 Å². The van der Waals surface area contributed by atoms with Gasteiger partial charge in [-0.2, -0.15) is 0 Å². The molecule has 0 aromatic carbocycles. The number of rotatable bonds is 5. The molecule has 3 nitrogen and oxygen atoms in total. The van der Waals surface area contributed by atoms with E-state index in [2.05, 4.69) is 38.0 Å². The van der Waals surface area contributed by atoms with E-state index in [9.17, 15) is 0 Å². The van der Waals surface area contributed by atoms with Gasteiger partial charge < -0.3 is 10.1 Å². The van der Waals surface area contributed by atoms with Gasteiger partial charge in [0.25, 0.3) is 0 Å². The summed E-state index contributed by atoms with van der Waals surface area (Å²) in [6.45, 7) is 9.66. The number of hydrogen-bond acceptors (Lipinski definition) is 3. The minimum absolute atomic E-state index is 0.119. The first kappa shape index (κ1) is 14.6. The molecule has 1 aliphatic carbocycles. The van der Waals surface area contributed by atoms with Gasteiger partial charge in [-0.15, -0.1) is 0 Å². The average Bonchev–Trinajstić information content (AvgIpc) is 2.34. The van der Waals surface area contributed by atoms with Crippen LogP contribution in [0, 0.1) is 11.3 Å². The Balaban J connectivity index is 1.93. The summed E-state index contributed by atoms with van der Waals surface area (Å²) in [4.78, 5) is 4.11. The maximum Gasteiger partial charge on any atom is 0.0718 e. The molecule has 4 heteroatoms. The number of anilines is 1. The van der Waals surface area contributed by atoms with Gasteiger partial charge in [0.15, 0.2) is 0 Å². The zero-order chi connectivity index (χ0) is 14.0. The van der Waals surface area contributed by atoms with E-state index in [1.54, 1.807) is 12.4 Å². The van der Waals surface area contributed by atoms with Crippen molar-refractivity contribution >= 4 is 17.3 Å².